The molecule has 6 heteroatoms. The number of hydrogen-bond donors (Lipinski definition) is 2. The minimum atomic E-state index is -0.990. The lowest BCUT2D eigenvalue weighted by Crippen LogP contribution is -2.14. The summed E-state index contributed by atoms with van der Waals surface area (Å²) in [6, 6.07) is 0.133. The van der Waals surface area contributed by atoms with Gasteiger partial charge in [0.2, 0.25) is 0 Å². The van der Waals surface area contributed by atoms with Crippen LogP contribution in [0.25, 0.3) is 11.0 Å². The Morgan fingerprint density at radius 3 is 2.72 bits per heavy atom. The van der Waals surface area contributed by atoms with Gasteiger partial charge >= 0.3 is 5.97 Å². The summed E-state index contributed by atoms with van der Waals surface area (Å²) in [5, 5.41) is 17.5. The summed E-state index contributed by atoms with van der Waals surface area (Å²) in [5.74, 6) is -0.990. The first-order chi connectivity index (χ1) is 8.41. The Labute approximate surface area is 105 Å². The van der Waals surface area contributed by atoms with Gasteiger partial charge in [0.05, 0.1) is 16.8 Å². The van der Waals surface area contributed by atoms with E-state index in [-0.39, 0.29) is 11.6 Å². The standard InChI is InChI=1S/C12H16N4O2/c1-6(2)14-10-8(12(17)18)5-13-11-9(10)7(3)15-16(11)4/h5-6H,1-4H3,(H,13,14)(H,17,18). The van der Waals surface area contributed by atoms with Gasteiger partial charge in [-0.05, 0) is 20.8 Å². The number of hydrogen-bond acceptors (Lipinski definition) is 4. The molecule has 0 fully saturated rings. The van der Waals surface area contributed by atoms with E-state index in [2.05, 4.69) is 15.4 Å². The molecule has 0 amide bonds. The maximum Gasteiger partial charge on any atom is 0.339 e. The Bertz CT molecular complexity index is 616. The molecule has 0 saturated heterocycles. The highest BCUT2D eigenvalue weighted by atomic mass is 16.4. The number of carboxylic acids is 1. The number of aryl methyl sites for hydroxylation is 2. The van der Waals surface area contributed by atoms with Crippen molar-refractivity contribution >= 4 is 22.7 Å². The van der Waals surface area contributed by atoms with Gasteiger partial charge in [0, 0.05) is 19.3 Å². The molecule has 18 heavy (non-hydrogen) atoms. The SMILES string of the molecule is Cc1nn(C)c2ncc(C(=O)O)c(NC(C)C)c12. The molecule has 0 aliphatic heterocycles. The van der Waals surface area contributed by atoms with Crippen molar-refractivity contribution in [3.63, 3.8) is 0 Å². The van der Waals surface area contributed by atoms with Crippen molar-refractivity contribution in [2.24, 2.45) is 7.05 Å². The molecule has 0 atom stereocenters. The zero-order valence-electron chi connectivity index (χ0n) is 10.9. The molecule has 96 valence electrons. The molecular weight excluding hydrogens is 232 g/mol. The number of carbonyl (C=O) groups is 1. The Hall–Kier alpha value is -2.11. The number of nitrogens with one attached hydrogen (secondary N) is 1. The number of anilines is 1. The van der Waals surface area contributed by atoms with Crippen LogP contribution in [0.2, 0.25) is 0 Å². The van der Waals surface area contributed by atoms with Crippen LogP contribution in [0.4, 0.5) is 5.69 Å². The molecule has 0 aliphatic carbocycles. The van der Waals surface area contributed by atoms with E-state index in [0.717, 1.165) is 11.1 Å². The summed E-state index contributed by atoms with van der Waals surface area (Å²) in [6.45, 7) is 5.77. The smallest absolute Gasteiger partial charge is 0.339 e. The lowest BCUT2D eigenvalue weighted by atomic mass is 10.1. The minimum absolute atomic E-state index is 0.133. The van der Waals surface area contributed by atoms with Crippen LogP contribution in [0.3, 0.4) is 0 Å². The van der Waals surface area contributed by atoms with E-state index in [1.165, 1.54) is 6.20 Å². The van der Waals surface area contributed by atoms with Gasteiger partial charge in [0.1, 0.15) is 5.56 Å². The Morgan fingerprint density at radius 2 is 2.17 bits per heavy atom. The zero-order chi connectivity index (χ0) is 13.4. The van der Waals surface area contributed by atoms with Crippen molar-refractivity contribution in [2.45, 2.75) is 26.8 Å². The third-order valence-electron chi connectivity index (χ3n) is 2.69. The largest absolute Gasteiger partial charge is 0.478 e. The molecule has 0 aliphatic rings. The fourth-order valence-electron chi connectivity index (χ4n) is 2.01. The van der Waals surface area contributed by atoms with Crippen molar-refractivity contribution in [2.75, 3.05) is 5.32 Å². The maximum absolute atomic E-state index is 11.3. The molecule has 0 bridgehead atoms. The number of aromatic nitrogens is 3. The molecule has 2 N–H and O–H groups in total. The molecule has 0 radical (unpaired) electrons. The van der Waals surface area contributed by atoms with Crippen LogP contribution in [-0.4, -0.2) is 31.9 Å². The minimum Gasteiger partial charge on any atom is -0.478 e. The Kier molecular flexibility index (Phi) is 2.94. The molecule has 2 rings (SSSR count). The molecular formula is C12H16N4O2. The second-order valence-corrected chi connectivity index (χ2v) is 4.56. The van der Waals surface area contributed by atoms with Crippen LogP contribution in [0.15, 0.2) is 6.20 Å². The van der Waals surface area contributed by atoms with Crippen molar-refractivity contribution in [3.05, 3.63) is 17.5 Å². The maximum atomic E-state index is 11.3. The van der Waals surface area contributed by atoms with E-state index in [9.17, 15) is 9.90 Å². The highest BCUT2D eigenvalue weighted by molar-refractivity contribution is 6.04. The van der Waals surface area contributed by atoms with Gasteiger partial charge in [0.25, 0.3) is 0 Å². The molecule has 0 saturated carbocycles. The first-order valence-corrected chi connectivity index (χ1v) is 5.74. The van der Waals surface area contributed by atoms with Crippen LogP contribution in [0.5, 0.6) is 0 Å². The van der Waals surface area contributed by atoms with E-state index in [1.807, 2.05) is 20.8 Å². The van der Waals surface area contributed by atoms with Crippen molar-refractivity contribution in [1.29, 1.82) is 0 Å². The van der Waals surface area contributed by atoms with Crippen LogP contribution in [0, 0.1) is 6.92 Å². The molecule has 0 unspecified atom stereocenters. The first kappa shape index (κ1) is 12.3. The van der Waals surface area contributed by atoms with Crippen LogP contribution >= 0.6 is 0 Å². The van der Waals surface area contributed by atoms with E-state index < -0.39 is 5.97 Å². The van der Waals surface area contributed by atoms with Crippen molar-refractivity contribution in [1.82, 2.24) is 14.8 Å². The number of fused-ring (bicyclic) bond motifs is 1. The third-order valence-corrected chi connectivity index (χ3v) is 2.69. The fraction of sp³-hybridized carbons (Fsp3) is 0.417. The lowest BCUT2D eigenvalue weighted by molar-refractivity contribution is 0.0697. The number of aromatic carboxylic acids is 1. The summed E-state index contributed by atoms with van der Waals surface area (Å²) in [5.41, 5.74) is 2.22. The molecule has 6 nitrogen and oxygen atoms in total. The van der Waals surface area contributed by atoms with Gasteiger partial charge in [-0.2, -0.15) is 5.10 Å². The van der Waals surface area contributed by atoms with Gasteiger partial charge in [-0.1, -0.05) is 0 Å². The average molecular weight is 248 g/mol. The summed E-state index contributed by atoms with van der Waals surface area (Å²) >= 11 is 0. The van der Waals surface area contributed by atoms with Gasteiger partial charge in [-0.15, -0.1) is 0 Å². The number of pyridine rings is 1. The van der Waals surface area contributed by atoms with Crippen LogP contribution in [0.1, 0.15) is 29.9 Å². The predicted octanol–water partition coefficient (Wildman–Crippen LogP) is 1.80. The first-order valence-electron chi connectivity index (χ1n) is 5.74. The zero-order valence-corrected chi connectivity index (χ0v) is 10.9. The van der Waals surface area contributed by atoms with Crippen molar-refractivity contribution < 1.29 is 9.90 Å². The highest BCUT2D eigenvalue weighted by Gasteiger charge is 2.19. The van der Waals surface area contributed by atoms with Crippen LogP contribution in [-0.2, 0) is 7.05 Å². The molecule has 2 aromatic heterocycles. The third kappa shape index (κ3) is 1.90. The number of rotatable bonds is 3. The van der Waals surface area contributed by atoms with Gasteiger partial charge in [0.15, 0.2) is 5.65 Å². The van der Waals surface area contributed by atoms with Crippen molar-refractivity contribution in [3.8, 4) is 0 Å². The molecule has 2 aromatic rings. The van der Waals surface area contributed by atoms with Gasteiger partial charge < -0.3 is 10.4 Å². The summed E-state index contributed by atoms with van der Waals surface area (Å²) in [6.07, 6.45) is 1.37. The van der Waals surface area contributed by atoms with E-state index >= 15 is 0 Å². The molecule has 0 aromatic carbocycles. The second-order valence-electron chi connectivity index (χ2n) is 4.56. The van der Waals surface area contributed by atoms with Gasteiger partial charge in [-0.25, -0.2) is 9.78 Å². The monoisotopic (exact) mass is 248 g/mol. The number of nitrogens with zero attached hydrogens (tertiary/aromatic N) is 3. The summed E-state index contributed by atoms with van der Waals surface area (Å²) in [7, 11) is 1.79. The Balaban J connectivity index is 2.80. The fourth-order valence-corrected chi connectivity index (χ4v) is 2.01. The average Bonchev–Trinajstić information content (AvgIpc) is 2.54. The second kappa shape index (κ2) is 4.29. The van der Waals surface area contributed by atoms with Crippen LogP contribution < -0.4 is 5.32 Å². The topological polar surface area (TPSA) is 80.0 Å². The highest BCUT2D eigenvalue weighted by Crippen LogP contribution is 2.28. The summed E-state index contributed by atoms with van der Waals surface area (Å²) in [4.78, 5) is 15.4. The Morgan fingerprint density at radius 1 is 1.50 bits per heavy atom. The normalized spacial score (nSPS) is 11.2. The lowest BCUT2D eigenvalue weighted by Gasteiger charge is -2.13. The summed E-state index contributed by atoms with van der Waals surface area (Å²) < 4.78 is 1.65. The molecule has 0 spiro atoms. The van der Waals surface area contributed by atoms with Gasteiger partial charge in [-0.3, -0.25) is 4.68 Å². The van der Waals surface area contributed by atoms with E-state index in [1.54, 1.807) is 11.7 Å². The van der Waals surface area contributed by atoms with E-state index in [4.69, 9.17) is 0 Å². The quantitative estimate of drug-likeness (QED) is 0.865. The predicted molar refractivity (Wildman–Crippen MR) is 69.0 cm³/mol. The van der Waals surface area contributed by atoms with E-state index in [0.29, 0.717) is 11.3 Å². The molecule has 2 heterocycles. The number of carboxylic acid groups (broad SMARTS) is 1.